The van der Waals surface area contributed by atoms with Gasteiger partial charge >= 0.3 is 0 Å². The molecule has 1 aromatic carbocycles. The number of non-ortho nitro benzene ring substituents is 1. The molecule has 2 N–H and O–H groups in total. The van der Waals surface area contributed by atoms with Gasteiger partial charge in [-0.1, -0.05) is 19.1 Å². The Morgan fingerprint density at radius 2 is 2.41 bits per heavy atom. The highest BCUT2D eigenvalue weighted by atomic mass is 32.2. The molecule has 2 unspecified atom stereocenters. The van der Waals surface area contributed by atoms with Gasteiger partial charge < -0.3 is 10.6 Å². The zero-order chi connectivity index (χ0) is 15.9. The van der Waals surface area contributed by atoms with Crippen LogP contribution in [0.4, 0.5) is 5.69 Å². The lowest BCUT2D eigenvalue weighted by Crippen LogP contribution is -2.41. The van der Waals surface area contributed by atoms with Crippen molar-refractivity contribution >= 4 is 23.4 Å². The summed E-state index contributed by atoms with van der Waals surface area (Å²) in [5.74, 6) is 2.02. The van der Waals surface area contributed by atoms with Crippen LogP contribution in [0.2, 0.25) is 0 Å². The van der Waals surface area contributed by atoms with Crippen LogP contribution in [0.15, 0.2) is 24.3 Å². The van der Waals surface area contributed by atoms with Crippen LogP contribution >= 0.6 is 11.8 Å². The monoisotopic (exact) mass is 323 g/mol. The Hall–Kier alpha value is -1.60. The van der Waals surface area contributed by atoms with Crippen LogP contribution in [-0.2, 0) is 4.79 Å². The predicted molar refractivity (Wildman–Crippen MR) is 88.0 cm³/mol. The highest BCUT2D eigenvalue weighted by Gasteiger charge is 2.20. The van der Waals surface area contributed by atoms with Gasteiger partial charge in [-0.25, -0.2) is 0 Å². The molecule has 0 bridgehead atoms. The van der Waals surface area contributed by atoms with Crippen LogP contribution < -0.4 is 10.6 Å². The SMILES string of the molecule is CCC(NC(=O)CC1CSCCN1)c1cccc([N+](=O)[O-])c1. The van der Waals surface area contributed by atoms with E-state index in [0.29, 0.717) is 12.8 Å². The molecule has 1 heterocycles. The normalized spacial score (nSPS) is 19.4. The summed E-state index contributed by atoms with van der Waals surface area (Å²) in [6, 6.07) is 6.48. The Bertz CT molecular complexity index is 533. The Balaban J connectivity index is 1.97. The maximum atomic E-state index is 12.2. The fourth-order valence-electron chi connectivity index (χ4n) is 2.50. The second-order valence-electron chi connectivity index (χ2n) is 5.31. The van der Waals surface area contributed by atoms with Crippen molar-refractivity contribution in [3.63, 3.8) is 0 Å². The predicted octanol–water partition coefficient (Wildman–Crippen LogP) is 2.26. The average Bonchev–Trinajstić information content (AvgIpc) is 2.53. The van der Waals surface area contributed by atoms with Gasteiger partial charge in [0.05, 0.1) is 11.0 Å². The van der Waals surface area contributed by atoms with Gasteiger partial charge in [-0.15, -0.1) is 0 Å². The quantitative estimate of drug-likeness (QED) is 0.619. The van der Waals surface area contributed by atoms with Crippen molar-refractivity contribution in [2.24, 2.45) is 0 Å². The van der Waals surface area contributed by atoms with Gasteiger partial charge in [-0.05, 0) is 12.0 Å². The number of rotatable bonds is 6. The number of carbonyl (C=O) groups is 1. The molecule has 0 radical (unpaired) electrons. The van der Waals surface area contributed by atoms with E-state index in [0.717, 1.165) is 23.6 Å². The van der Waals surface area contributed by atoms with Crippen LogP contribution in [0.25, 0.3) is 0 Å². The Labute approximate surface area is 134 Å². The number of amides is 1. The standard InChI is InChI=1S/C15H21N3O3S/c1-2-14(11-4-3-5-13(8-11)18(20)21)17-15(19)9-12-10-22-7-6-16-12/h3-5,8,12,14,16H,2,6-7,9-10H2,1H3,(H,17,19). The van der Waals surface area contributed by atoms with E-state index in [1.165, 1.54) is 12.1 Å². The van der Waals surface area contributed by atoms with Gasteiger partial charge in [0.15, 0.2) is 0 Å². The summed E-state index contributed by atoms with van der Waals surface area (Å²) in [4.78, 5) is 22.6. The molecule has 6 nitrogen and oxygen atoms in total. The van der Waals surface area contributed by atoms with E-state index < -0.39 is 4.92 Å². The van der Waals surface area contributed by atoms with E-state index >= 15 is 0 Å². The van der Waals surface area contributed by atoms with Gasteiger partial charge in [-0.3, -0.25) is 14.9 Å². The molecule has 0 aliphatic carbocycles. The molecule has 1 aromatic rings. The number of benzene rings is 1. The number of hydrogen-bond donors (Lipinski definition) is 2. The molecule has 7 heteroatoms. The fraction of sp³-hybridized carbons (Fsp3) is 0.533. The smallest absolute Gasteiger partial charge is 0.269 e. The molecule has 1 aliphatic rings. The highest BCUT2D eigenvalue weighted by Crippen LogP contribution is 2.22. The molecule has 2 atom stereocenters. The van der Waals surface area contributed by atoms with Gasteiger partial charge in [-0.2, -0.15) is 11.8 Å². The van der Waals surface area contributed by atoms with Crippen molar-refractivity contribution in [2.75, 3.05) is 18.1 Å². The lowest BCUT2D eigenvalue weighted by Gasteiger charge is -2.24. The Kier molecular flexibility index (Phi) is 6.21. The van der Waals surface area contributed by atoms with E-state index in [4.69, 9.17) is 0 Å². The summed E-state index contributed by atoms with van der Waals surface area (Å²) in [6.07, 6.45) is 1.14. The van der Waals surface area contributed by atoms with E-state index in [-0.39, 0.29) is 23.7 Å². The van der Waals surface area contributed by atoms with Crippen molar-refractivity contribution in [3.05, 3.63) is 39.9 Å². The minimum Gasteiger partial charge on any atom is -0.349 e. The molecular weight excluding hydrogens is 302 g/mol. The second kappa shape index (κ2) is 8.14. The summed E-state index contributed by atoms with van der Waals surface area (Å²) in [7, 11) is 0. The number of carbonyl (C=O) groups excluding carboxylic acids is 1. The minimum absolute atomic E-state index is 0.0154. The maximum Gasteiger partial charge on any atom is 0.269 e. The fourth-order valence-corrected chi connectivity index (χ4v) is 3.45. The van der Waals surface area contributed by atoms with Gasteiger partial charge in [0, 0.05) is 42.6 Å². The summed E-state index contributed by atoms with van der Waals surface area (Å²) in [5, 5.41) is 17.2. The van der Waals surface area contributed by atoms with Crippen molar-refractivity contribution < 1.29 is 9.72 Å². The lowest BCUT2D eigenvalue weighted by atomic mass is 10.0. The molecule has 22 heavy (non-hydrogen) atoms. The van der Waals surface area contributed by atoms with Crippen LogP contribution in [0.3, 0.4) is 0 Å². The number of nitro groups is 1. The highest BCUT2D eigenvalue weighted by molar-refractivity contribution is 7.99. The summed E-state index contributed by atoms with van der Waals surface area (Å²) < 4.78 is 0. The molecule has 1 amide bonds. The van der Waals surface area contributed by atoms with Gasteiger partial charge in [0.25, 0.3) is 5.69 Å². The van der Waals surface area contributed by atoms with Crippen molar-refractivity contribution in [2.45, 2.75) is 31.8 Å². The molecule has 1 saturated heterocycles. The third-order valence-corrected chi connectivity index (χ3v) is 4.79. The summed E-state index contributed by atoms with van der Waals surface area (Å²) >= 11 is 1.85. The largest absolute Gasteiger partial charge is 0.349 e. The number of hydrogen-bond acceptors (Lipinski definition) is 5. The van der Waals surface area contributed by atoms with Crippen LogP contribution in [0.1, 0.15) is 31.4 Å². The van der Waals surface area contributed by atoms with Gasteiger partial charge in [0.2, 0.25) is 5.91 Å². The summed E-state index contributed by atoms with van der Waals surface area (Å²) in [6.45, 7) is 2.89. The van der Waals surface area contributed by atoms with Crippen LogP contribution in [0.5, 0.6) is 0 Å². The zero-order valence-electron chi connectivity index (χ0n) is 12.6. The number of thioether (sulfide) groups is 1. The second-order valence-corrected chi connectivity index (χ2v) is 6.46. The first-order valence-corrected chi connectivity index (χ1v) is 8.60. The third-order valence-electron chi connectivity index (χ3n) is 3.66. The number of nitrogens with one attached hydrogen (secondary N) is 2. The third kappa shape index (κ3) is 4.71. The number of nitro benzene ring substituents is 1. The molecule has 0 saturated carbocycles. The Morgan fingerprint density at radius 3 is 3.05 bits per heavy atom. The average molecular weight is 323 g/mol. The van der Waals surface area contributed by atoms with Crippen molar-refractivity contribution in [1.29, 1.82) is 0 Å². The molecule has 1 aliphatic heterocycles. The molecule has 120 valence electrons. The molecule has 0 spiro atoms. The first kappa shape index (κ1) is 16.8. The van der Waals surface area contributed by atoms with E-state index in [2.05, 4.69) is 10.6 Å². The van der Waals surface area contributed by atoms with Crippen molar-refractivity contribution in [3.8, 4) is 0 Å². The minimum atomic E-state index is -0.415. The zero-order valence-corrected chi connectivity index (χ0v) is 13.4. The van der Waals surface area contributed by atoms with Crippen LogP contribution in [-0.4, -0.2) is 34.9 Å². The first-order chi connectivity index (χ1) is 10.6. The Morgan fingerprint density at radius 1 is 1.59 bits per heavy atom. The lowest BCUT2D eigenvalue weighted by molar-refractivity contribution is -0.384. The van der Waals surface area contributed by atoms with Gasteiger partial charge in [0.1, 0.15) is 0 Å². The van der Waals surface area contributed by atoms with E-state index in [1.807, 2.05) is 24.8 Å². The first-order valence-electron chi connectivity index (χ1n) is 7.45. The van der Waals surface area contributed by atoms with Crippen LogP contribution in [0, 0.1) is 10.1 Å². The maximum absolute atomic E-state index is 12.2. The molecule has 2 rings (SSSR count). The topological polar surface area (TPSA) is 84.3 Å². The summed E-state index contributed by atoms with van der Waals surface area (Å²) in [5.41, 5.74) is 0.826. The van der Waals surface area contributed by atoms with Crippen molar-refractivity contribution in [1.82, 2.24) is 10.6 Å². The van der Waals surface area contributed by atoms with E-state index in [9.17, 15) is 14.9 Å². The molecule has 0 aromatic heterocycles. The molecular formula is C15H21N3O3S. The molecule has 1 fully saturated rings. The van der Waals surface area contributed by atoms with E-state index in [1.54, 1.807) is 6.07 Å². The number of nitrogens with zero attached hydrogens (tertiary/aromatic N) is 1.